The molecule has 0 unspecified atom stereocenters. The highest BCUT2D eigenvalue weighted by molar-refractivity contribution is 5.92. The van der Waals surface area contributed by atoms with Crippen molar-refractivity contribution in [3.8, 4) is 0 Å². The molecule has 0 spiro atoms. The van der Waals surface area contributed by atoms with Crippen molar-refractivity contribution in [3.05, 3.63) is 34.3 Å². The van der Waals surface area contributed by atoms with Gasteiger partial charge in [-0.3, -0.25) is 19.0 Å². The summed E-state index contributed by atoms with van der Waals surface area (Å²) in [5.74, 6) is -0.443. The lowest BCUT2D eigenvalue weighted by molar-refractivity contribution is 0.0947. The Morgan fingerprint density at radius 1 is 1.36 bits per heavy atom. The van der Waals surface area contributed by atoms with E-state index in [0.717, 1.165) is 12.8 Å². The SMILES string of the molecule is CCCCCCCNC(=O)c1ccn(Cc2noc(=O)[nH]2)n1. The van der Waals surface area contributed by atoms with Crippen LogP contribution >= 0.6 is 0 Å². The Balaban J connectivity index is 1.75. The highest BCUT2D eigenvalue weighted by Gasteiger charge is 2.10. The van der Waals surface area contributed by atoms with Gasteiger partial charge in [0.05, 0.1) is 0 Å². The van der Waals surface area contributed by atoms with Gasteiger partial charge in [0.15, 0.2) is 5.82 Å². The fourth-order valence-electron chi connectivity index (χ4n) is 2.07. The molecule has 0 bridgehead atoms. The first-order valence-corrected chi connectivity index (χ1v) is 7.55. The Labute approximate surface area is 127 Å². The number of aromatic amines is 1. The van der Waals surface area contributed by atoms with Gasteiger partial charge in [0.2, 0.25) is 0 Å². The van der Waals surface area contributed by atoms with E-state index in [-0.39, 0.29) is 12.5 Å². The molecule has 1 amide bonds. The third-order valence-corrected chi connectivity index (χ3v) is 3.24. The van der Waals surface area contributed by atoms with Gasteiger partial charge in [-0.25, -0.2) is 4.79 Å². The van der Waals surface area contributed by atoms with E-state index in [9.17, 15) is 9.59 Å². The molecule has 0 saturated carbocycles. The lowest BCUT2D eigenvalue weighted by Gasteiger charge is -2.03. The quantitative estimate of drug-likeness (QED) is 0.679. The van der Waals surface area contributed by atoms with Gasteiger partial charge in [0, 0.05) is 12.7 Å². The van der Waals surface area contributed by atoms with Crippen molar-refractivity contribution < 1.29 is 9.32 Å². The van der Waals surface area contributed by atoms with Gasteiger partial charge in [0.1, 0.15) is 12.2 Å². The van der Waals surface area contributed by atoms with Crippen LogP contribution in [-0.2, 0) is 6.54 Å². The molecule has 0 atom stereocenters. The molecule has 120 valence electrons. The Morgan fingerprint density at radius 3 is 2.91 bits per heavy atom. The minimum Gasteiger partial charge on any atom is -0.351 e. The molecule has 0 aliphatic carbocycles. The van der Waals surface area contributed by atoms with Crippen LogP contribution in [0.4, 0.5) is 0 Å². The zero-order chi connectivity index (χ0) is 15.8. The Hall–Kier alpha value is -2.38. The third kappa shape index (κ3) is 4.87. The summed E-state index contributed by atoms with van der Waals surface area (Å²) in [5.41, 5.74) is 0.347. The number of nitrogens with one attached hydrogen (secondary N) is 2. The number of carbonyl (C=O) groups is 1. The van der Waals surface area contributed by atoms with E-state index in [1.807, 2.05) is 0 Å². The minimum absolute atomic E-state index is 0.192. The molecular formula is C14H21N5O3. The molecule has 8 heteroatoms. The predicted octanol–water partition coefficient (Wildman–Crippen LogP) is 1.31. The molecule has 2 N–H and O–H groups in total. The van der Waals surface area contributed by atoms with Crippen molar-refractivity contribution in [1.82, 2.24) is 25.2 Å². The molecule has 22 heavy (non-hydrogen) atoms. The standard InChI is InChI=1S/C14H21N5O3/c1-2-3-4-5-6-8-15-13(20)11-7-9-19(17-11)10-12-16-14(21)22-18-12/h7,9H,2-6,8,10H2,1H3,(H,15,20)(H,16,18,21). The van der Waals surface area contributed by atoms with E-state index in [4.69, 9.17) is 0 Å². The summed E-state index contributed by atoms with van der Waals surface area (Å²) < 4.78 is 5.92. The molecule has 0 radical (unpaired) electrons. The number of aromatic nitrogens is 4. The first-order valence-electron chi connectivity index (χ1n) is 7.55. The van der Waals surface area contributed by atoms with Crippen molar-refractivity contribution in [1.29, 1.82) is 0 Å². The highest BCUT2D eigenvalue weighted by Crippen LogP contribution is 2.02. The number of carbonyl (C=O) groups excluding carboxylic acids is 1. The van der Waals surface area contributed by atoms with Crippen molar-refractivity contribution in [2.24, 2.45) is 0 Å². The lowest BCUT2D eigenvalue weighted by atomic mass is 10.1. The van der Waals surface area contributed by atoms with Crippen LogP contribution in [-0.4, -0.2) is 32.4 Å². The number of nitrogens with zero attached hydrogens (tertiary/aromatic N) is 3. The first-order chi connectivity index (χ1) is 10.7. The fraction of sp³-hybridized carbons (Fsp3) is 0.571. The summed E-state index contributed by atoms with van der Waals surface area (Å²) in [5, 5.41) is 10.5. The summed E-state index contributed by atoms with van der Waals surface area (Å²) in [4.78, 5) is 25.2. The maximum Gasteiger partial charge on any atom is 0.438 e. The number of unbranched alkanes of at least 4 members (excludes halogenated alkanes) is 4. The number of hydrogen-bond donors (Lipinski definition) is 2. The second-order valence-corrected chi connectivity index (χ2v) is 5.11. The molecule has 0 aliphatic rings. The number of amides is 1. The first kappa shape index (κ1) is 16.0. The molecule has 2 heterocycles. The summed E-state index contributed by atoms with van der Waals surface area (Å²) in [6.45, 7) is 3.08. The van der Waals surface area contributed by atoms with Gasteiger partial charge in [-0.2, -0.15) is 5.10 Å². The number of hydrogen-bond acceptors (Lipinski definition) is 5. The van der Waals surface area contributed by atoms with Crippen LogP contribution in [0.25, 0.3) is 0 Å². The van der Waals surface area contributed by atoms with Gasteiger partial charge in [-0.15, -0.1) is 0 Å². The maximum atomic E-state index is 11.9. The van der Waals surface area contributed by atoms with E-state index >= 15 is 0 Å². The topological polar surface area (TPSA) is 106 Å². The maximum absolute atomic E-state index is 11.9. The molecule has 0 saturated heterocycles. The average molecular weight is 307 g/mol. The average Bonchev–Trinajstić information content (AvgIpc) is 3.12. The molecule has 2 aromatic heterocycles. The normalized spacial score (nSPS) is 10.8. The van der Waals surface area contributed by atoms with Gasteiger partial charge >= 0.3 is 5.76 Å². The van der Waals surface area contributed by atoms with Crippen molar-refractivity contribution in [2.75, 3.05) is 6.54 Å². The smallest absolute Gasteiger partial charge is 0.351 e. The zero-order valence-electron chi connectivity index (χ0n) is 12.7. The third-order valence-electron chi connectivity index (χ3n) is 3.24. The second-order valence-electron chi connectivity index (χ2n) is 5.11. The minimum atomic E-state index is -0.608. The molecule has 0 fully saturated rings. The largest absolute Gasteiger partial charge is 0.438 e. The number of rotatable bonds is 9. The fourth-order valence-corrected chi connectivity index (χ4v) is 2.07. The van der Waals surface area contributed by atoms with E-state index in [2.05, 4.69) is 32.0 Å². The van der Waals surface area contributed by atoms with Gasteiger partial charge in [-0.05, 0) is 12.5 Å². The van der Waals surface area contributed by atoms with Crippen LogP contribution in [0.2, 0.25) is 0 Å². The van der Waals surface area contributed by atoms with Crippen LogP contribution in [0.1, 0.15) is 55.3 Å². The van der Waals surface area contributed by atoms with Crippen LogP contribution in [0.15, 0.2) is 21.6 Å². The van der Waals surface area contributed by atoms with Crippen molar-refractivity contribution >= 4 is 5.91 Å². The van der Waals surface area contributed by atoms with E-state index in [1.54, 1.807) is 12.3 Å². The monoisotopic (exact) mass is 307 g/mol. The van der Waals surface area contributed by atoms with Gasteiger partial charge in [-0.1, -0.05) is 37.8 Å². The molecule has 0 aromatic carbocycles. The zero-order valence-corrected chi connectivity index (χ0v) is 12.7. The summed E-state index contributed by atoms with van der Waals surface area (Å²) in [7, 11) is 0. The van der Waals surface area contributed by atoms with Crippen LogP contribution in [0.5, 0.6) is 0 Å². The summed E-state index contributed by atoms with van der Waals surface area (Å²) in [6.07, 6.45) is 7.41. The Morgan fingerprint density at radius 2 is 2.18 bits per heavy atom. The summed E-state index contributed by atoms with van der Waals surface area (Å²) >= 11 is 0. The second kappa shape index (κ2) is 8.16. The van der Waals surface area contributed by atoms with Crippen LogP contribution in [0.3, 0.4) is 0 Å². The van der Waals surface area contributed by atoms with Gasteiger partial charge in [0.25, 0.3) is 5.91 Å². The number of H-pyrrole nitrogens is 1. The van der Waals surface area contributed by atoms with E-state index in [1.165, 1.54) is 23.9 Å². The molecule has 8 nitrogen and oxygen atoms in total. The predicted molar refractivity (Wildman–Crippen MR) is 79.5 cm³/mol. The molecular weight excluding hydrogens is 286 g/mol. The van der Waals surface area contributed by atoms with E-state index < -0.39 is 5.76 Å². The van der Waals surface area contributed by atoms with Crippen molar-refractivity contribution in [2.45, 2.75) is 45.6 Å². The molecule has 0 aliphatic heterocycles. The highest BCUT2D eigenvalue weighted by atomic mass is 16.5. The Kier molecular flexibility index (Phi) is 5.93. The van der Waals surface area contributed by atoms with E-state index in [0.29, 0.717) is 18.1 Å². The van der Waals surface area contributed by atoms with Gasteiger partial charge < -0.3 is 5.32 Å². The molecule has 2 aromatic rings. The van der Waals surface area contributed by atoms with Crippen molar-refractivity contribution in [3.63, 3.8) is 0 Å². The van der Waals surface area contributed by atoms with Crippen LogP contribution in [0, 0.1) is 0 Å². The lowest BCUT2D eigenvalue weighted by Crippen LogP contribution is -2.25. The van der Waals surface area contributed by atoms with Crippen LogP contribution < -0.4 is 11.1 Å². The Bertz CT molecular complexity index is 643. The molecule has 2 rings (SSSR count). The summed E-state index contributed by atoms with van der Waals surface area (Å²) in [6, 6.07) is 1.63.